The highest BCUT2D eigenvalue weighted by Gasteiger charge is 2.52. The highest BCUT2D eigenvalue weighted by atomic mass is 15.1. The van der Waals surface area contributed by atoms with Gasteiger partial charge in [0.25, 0.3) is 0 Å². The van der Waals surface area contributed by atoms with Crippen molar-refractivity contribution in [2.45, 2.75) is 43.9 Å². The summed E-state index contributed by atoms with van der Waals surface area (Å²) in [5.74, 6) is 0. The smallest absolute Gasteiger partial charge is 0.0726 e. The largest absolute Gasteiger partial charge is 0.309 e. The Bertz CT molecular complexity index is 3700. The second-order valence-corrected chi connectivity index (χ2v) is 20.3. The first kappa shape index (κ1) is 39.2. The zero-order valence-corrected chi connectivity index (χ0v) is 38.8. The molecule has 10 aromatic rings. The molecule has 1 spiro atoms. The number of nitrogens with zero attached hydrogens (tertiary/aromatic N) is 1. The van der Waals surface area contributed by atoms with E-state index in [2.05, 4.69) is 257 Å². The molecule has 1 nitrogen and oxygen atoms in total. The number of fused-ring (bicyclic) bond motifs is 16. The molecule has 0 aliphatic heterocycles. The molecule has 68 heavy (non-hydrogen) atoms. The van der Waals surface area contributed by atoms with Gasteiger partial charge in [-0.05, 0) is 130 Å². The summed E-state index contributed by atoms with van der Waals surface area (Å²) in [5, 5.41) is 0. The molecule has 0 N–H and O–H groups in total. The number of hydrogen-bond acceptors (Lipinski definition) is 1. The lowest BCUT2D eigenvalue weighted by Crippen LogP contribution is -2.26. The Hall–Kier alpha value is -8.00. The van der Waals surface area contributed by atoms with E-state index in [1.165, 1.54) is 117 Å². The van der Waals surface area contributed by atoms with E-state index in [-0.39, 0.29) is 10.8 Å². The molecule has 0 bridgehead atoms. The molecule has 0 saturated carbocycles. The number of hydrogen-bond donors (Lipinski definition) is 0. The molecular formula is C67H49N. The number of benzene rings is 10. The molecule has 0 amide bonds. The van der Waals surface area contributed by atoms with Crippen molar-refractivity contribution in [3.63, 3.8) is 0 Å². The van der Waals surface area contributed by atoms with Gasteiger partial charge in [-0.15, -0.1) is 0 Å². The number of para-hydroxylation sites is 1. The van der Waals surface area contributed by atoms with Crippen molar-refractivity contribution < 1.29 is 0 Å². The summed E-state index contributed by atoms with van der Waals surface area (Å²) in [6.45, 7) is 9.46. The predicted octanol–water partition coefficient (Wildman–Crippen LogP) is 17.4. The molecule has 10 aromatic carbocycles. The van der Waals surface area contributed by atoms with Gasteiger partial charge in [0.2, 0.25) is 0 Å². The fraction of sp³-hybridized carbons (Fsp3) is 0.104. The highest BCUT2D eigenvalue weighted by Crippen LogP contribution is 2.65. The Morgan fingerprint density at radius 3 is 1.34 bits per heavy atom. The van der Waals surface area contributed by atoms with Gasteiger partial charge < -0.3 is 4.90 Å². The van der Waals surface area contributed by atoms with Gasteiger partial charge in [-0.3, -0.25) is 0 Å². The Balaban J connectivity index is 1.01. The monoisotopic (exact) mass is 867 g/mol. The Morgan fingerprint density at radius 2 is 0.676 bits per heavy atom. The van der Waals surface area contributed by atoms with Gasteiger partial charge in [0.05, 0.1) is 16.8 Å². The van der Waals surface area contributed by atoms with Crippen molar-refractivity contribution in [2.75, 3.05) is 4.90 Å². The van der Waals surface area contributed by atoms with Gasteiger partial charge >= 0.3 is 0 Å². The maximum absolute atomic E-state index is 2.56. The van der Waals surface area contributed by atoms with Gasteiger partial charge in [-0.2, -0.15) is 0 Å². The minimum absolute atomic E-state index is 0.0330. The van der Waals surface area contributed by atoms with Gasteiger partial charge in [-0.1, -0.05) is 222 Å². The van der Waals surface area contributed by atoms with Crippen LogP contribution in [0.25, 0.3) is 66.8 Å². The molecule has 322 valence electrons. The summed E-state index contributed by atoms with van der Waals surface area (Å²) < 4.78 is 0. The van der Waals surface area contributed by atoms with Crippen LogP contribution < -0.4 is 4.90 Å². The average Bonchev–Trinajstić information content (AvgIpc) is 4.02. The summed E-state index contributed by atoms with van der Waals surface area (Å²) in [6.07, 6.45) is 0. The fourth-order valence-corrected chi connectivity index (χ4v) is 13.3. The zero-order chi connectivity index (χ0) is 45.5. The van der Waals surface area contributed by atoms with Gasteiger partial charge in [0.1, 0.15) is 0 Å². The van der Waals surface area contributed by atoms with Crippen molar-refractivity contribution in [3.8, 4) is 66.8 Å². The van der Waals surface area contributed by atoms with E-state index in [9.17, 15) is 0 Å². The molecule has 0 aromatic heterocycles. The molecule has 4 aliphatic rings. The number of rotatable bonds is 5. The second kappa shape index (κ2) is 14.0. The standard InChI is InChI=1S/C67H49N/c1-65(2)53-26-11-5-21-47(53)52-41-43(37-40-55(52)65)42-35-38-44(39-36-42)68(61-33-16-10-22-48(61)49-25-17-31-59-63(49)50-23-8-12-27-54(50)66(59,3)4)62-34-18-32-60-64(62)51-24-9-15-30-58(51)67(60)56-28-13-6-19-45(56)46-20-7-14-29-57(46)67/h5-41H,1-4H3. The predicted molar refractivity (Wildman–Crippen MR) is 283 cm³/mol. The lowest BCUT2D eigenvalue weighted by molar-refractivity contribution is 0.660. The molecule has 0 saturated heterocycles. The third-order valence-electron chi connectivity index (χ3n) is 16.3. The molecule has 1 heteroatoms. The summed E-state index contributed by atoms with van der Waals surface area (Å²) in [7, 11) is 0. The van der Waals surface area contributed by atoms with Gasteiger partial charge in [0, 0.05) is 27.6 Å². The first-order chi connectivity index (χ1) is 33.3. The van der Waals surface area contributed by atoms with Crippen LogP contribution in [0.5, 0.6) is 0 Å². The van der Waals surface area contributed by atoms with E-state index in [0.717, 1.165) is 11.4 Å². The first-order valence-corrected chi connectivity index (χ1v) is 24.2. The minimum atomic E-state index is -0.458. The van der Waals surface area contributed by atoms with Gasteiger partial charge in [-0.25, -0.2) is 0 Å². The highest BCUT2D eigenvalue weighted by molar-refractivity contribution is 6.04. The molecule has 4 aliphatic carbocycles. The quantitative estimate of drug-likeness (QED) is 0.167. The molecule has 0 unspecified atom stereocenters. The van der Waals surface area contributed by atoms with Gasteiger partial charge in [0.15, 0.2) is 0 Å². The van der Waals surface area contributed by atoms with Crippen molar-refractivity contribution in [1.82, 2.24) is 0 Å². The van der Waals surface area contributed by atoms with Crippen LogP contribution >= 0.6 is 0 Å². The maximum Gasteiger partial charge on any atom is 0.0726 e. The van der Waals surface area contributed by atoms with Crippen molar-refractivity contribution in [2.24, 2.45) is 0 Å². The summed E-state index contributed by atoms with van der Waals surface area (Å²) in [4.78, 5) is 2.56. The zero-order valence-electron chi connectivity index (χ0n) is 38.8. The van der Waals surface area contributed by atoms with E-state index in [1.807, 2.05) is 0 Å². The van der Waals surface area contributed by atoms with Crippen LogP contribution in [0.15, 0.2) is 224 Å². The minimum Gasteiger partial charge on any atom is -0.309 e. The summed E-state index contributed by atoms with van der Waals surface area (Å²) in [5.41, 5.74) is 29.1. The first-order valence-electron chi connectivity index (χ1n) is 24.2. The van der Waals surface area contributed by atoms with E-state index in [1.54, 1.807) is 0 Å². The van der Waals surface area contributed by atoms with Crippen molar-refractivity contribution >= 4 is 17.1 Å². The Labute approximate surface area is 399 Å². The summed E-state index contributed by atoms with van der Waals surface area (Å²) in [6, 6.07) is 84.9. The van der Waals surface area contributed by atoms with Crippen LogP contribution in [0, 0.1) is 0 Å². The number of anilines is 3. The van der Waals surface area contributed by atoms with Crippen LogP contribution in [0.4, 0.5) is 17.1 Å². The third-order valence-corrected chi connectivity index (χ3v) is 16.3. The van der Waals surface area contributed by atoms with E-state index in [0.29, 0.717) is 0 Å². The molecular weight excluding hydrogens is 819 g/mol. The van der Waals surface area contributed by atoms with E-state index in [4.69, 9.17) is 0 Å². The van der Waals surface area contributed by atoms with E-state index >= 15 is 0 Å². The van der Waals surface area contributed by atoms with E-state index < -0.39 is 5.41 Å². The molecule has 0 radical (unpaired) electrons. The fourth-order valence-electron chi connectivity index (χ4n) is 13.3. The molecule has 0 atom stereocenters. The lowest BCUT2D eigenvalue weighted by atomic mass is 9.70. The Morgan fingerprint density at radius 1 is 0.265 bits per heavy atom. The lowest BCUT2D eigenvalue weighted by Gasteiger charge is -2.32. The maximum atomic E-state index is 2.56. The van der Waals surface area contributed by atoms with Crippen molar-refractivity contribution in [1.29, 1.82) is 0 Å². The Kier molecular flexibility index (Phi) is 8.08. The topological polar surface area (TPSA) is 3.24 Å². The third kappa shape index (κ3) is 5.06. The summed E-state index contributed by atoms with van der Waals surface area (Å²) >= 11 is 0. The van der Waals surface area contributed by atoms with Crippen LogP contribution in [-0.4, -0.2) is 0 Å². The SMILES string of the molecule is CC1(C)c2ccccc2-c2cc(-c3ccc(N(c4ccccc4-c4cccc5c4-c4ccccc4C5(C)C)c4cccc5c4-c4ccccc4C54c5ccccc5-c5ccccc54)cc3)ccc21. The molecule has 14 rings (SSSR count). The van der Waals surface area contributed by atoms with Crippen LogP contribution in [-0.2, 0) is 16.2 Å². The van der Waals surface area contributed by atoms with Crippen LogP contribution in [0.3, 0.4) is 0 Å². The average molecular weight is 868 g/mol. The molecule has 0 heterocycles. The molecule has 0 fully saturated rings. The normalized spacial score (nSPS) is 15.1. The van der Waals surface area contributed by atoms with Crippen molar-refractivity contribution in [3.05, 3.63) is 269 Å². The van der Waals surface area contributed by atoms with Crippen LogP contribution in [0.1, 0.15) is 72.2 Å². The van der Waals surface area contributed by atoms with Crippen LogP contribution in [0.2, 0.25) is 0 Å². The second-order valence-electron chi connectivity index (χ2n) is 20.3.